The van der Waals surface area contributed by atoms with E-state index in [1.807, 2.05) is 48.5 Å². The number of carbonyl (C=O) groups excluding carboxylic acids is 1. The molecule has 0 heterocycles. The van der Waals surface area contributed by atoms with Gasteiger partial charge in [-0.1, -0.05) is 36.4 Å². The van der Waals surface area contributed by atoms with Crippen LogP contribution in [0.4, 0.5) is 0 Å². The van der Waals surface area contributed by atoms with E-state index < -0.39 is 0 Å². The highest BCUT2D eigenvalue weighted by atomic mass is 16.5. The molecule has 0 amide bonds. The van der Waals surface area contributed by atoms with E-state index in [-0.39, 0.29) is 5.97 Å². The first-order valence-corrected chi connectivity index (χ1v) is 6.06. The van der Waals surface area contributed by atoms with Gasteiger partial charge in [0.15, 0.2) is 0 Å². The van der Waals surface area contributed by atoms with Crippen molar-refractivity contribution in [2.24, 2.45) is 0 Å². The van der Waals surface area contributed by atoms with Gasteiger partial charge >= 0.3 is 5.97 Å². The summed E-state index contributed by atoms with van der Waals surface area (Å²) in [5.74, 6) is 0.578. The molecule has 0 spiro atoms. The fourth-order valence-electron chi connectivity index (χ4n) is 1.76. The van der Waals surface area contributed by atoms with Crippen molar-refractivity contribution in [3.05, 3.63) is 54.1 Å². The largest absolute Gasteiger partial charge is 0.497 e. The lowest BCUT2D eigenvalue weighted by Crippen LogP contribution is -1.98. The Morgan fingerprint density at radius 1 is 0.947 bits per heavy atom. The van der Waals surface area contributed by atoms with Crippen LogP contribution in [0, 0.1) is 0 Å². The van der Waals surface area contributed by atoms with Crippen LogP contribution in [0.15, 0.2) is 48.5 Å². The summed E-state index contributed by atoms with van der Waals surface area (Å²) in [6.07, 6.45) is 0. The van der Waals surface area contributed by atoms with Gasteiger partial charge in [-0.2, -0.15) is 0 Å². The summed E-state index contributed by atoms with van der Waals surface area (Å²) in [5, 5.41) is 0. The van der Waals surface area contributed by atoms with Crippen LogP contribution in [-0.2, 0) is 16.1 Å². The molecule has 0 saturated carbocycles. The van der Waals surface area contributed by atoms with Crippen LogP contribution in [0.3, 0.4) is 0 Å². The maximum Gasteiger partial charge on any atom is 0.302 e. The zero-order valence-corrected chi connectivity index (χ0v) is 11.1. The van der Waals surface area contributed by atoms with Crippen LogP contribution in [0.1, 0.15) is 12.5 Å². The summed E-state index contributed by atoms with van der Waals surface area (Å²) < 4.78 is 10.1. The van der Waals surface area contributed by atoms with Gasteiger partial charge in [0.2, 0.25) is 0 Å². The number of esters is 1. The van der Waals surface area contributed by atoms with E-state index in [0.717, 1.165) is 22.4 Å². The second-order valence-corrected chi connectivity index (χ2v) is 4.21. The van der Waals surface area contributed by atoms with Crippen molar-refractivity contribution in [2.75, 3.05) is 7.11 Å². The first kappa shape index (κ1) is 13.1. The standard InChI is InChI=1S/C16H16O3/c1-12(17)19-11-13-3-5-14(6-4-13)15-7-9-16(18-2)10-8-15/h3-10H,11H2,1-2H3. The Morgan fingerprint density at radius 2 is 1.47 bits per heavy atom. The van der Waals surface area contributed by atoms with E-state index in [1.165, 1.54) is 6.92 Å². The summed E-state index contributed by atoms with van der Waals surface area (Å²) in [5.41, 5.74) is 3.22. The Hall–Kier alpha value is -2.29. The van der Waals surface area contributed by atoms with Crippen LogP contribution >= 0.6 is 0 Å². The van der Waals surface area contributed by atoms with E-state index in [9.17, 15) is 4.79 Å². The minimum Gasteiger partial charge on any atom is -0.497 e. The van der Waals surface area contributed by atoms with E-state index in [2.05, 4.69) is 0 Å². The first-order valence-electron chi connectivity index (χ1n) is 6.06. The molecule has 19 heavy (non-hydrogen) atoms. The zero-order chi connectivity index (χ0) is 13.7. The second kappa shape index (κ2) is 6.05. The van der Waals surface area contributed by atoms with Crippen LogP contribution < -0.4 is 4.74 Å². The number of rotatable bonds is 4. The van der Waals surface area contributed by atoms with Crippen LogP contribution in [-0.4, -0.2) is 13.1 Å². The minimum absolute atomic E-state index is 0.265. The van der Waals surface area contributed by atoms with Crippen molar-refractivity contribution in [3.8, 4) is 16.9 Å². The molecule has 0 aliphatic rings. The summed E-state index contributed by atoms with van der Waals surface area (Å²) in [4.78, 5) is 10.7. The fraction of sp³-hybridized carbons (Fsp3) is 0.188. The number of ether oxygens (including phenoxy) is 2. The topological polar surface area (TPSA) is 35.5 Å². The Bertz CT molecular complexity index is 541. The highest BCUT2D eigenvalue weighted by molar-refractivity contribution is 5.66. The predicted molar refractivity (Wildman–Crippen MR) is 73.9 cm³/mol. The van der Waals surface area contributed by atoms with Gasteiger partial charge < -0.3 is 9.47 Å². The zero-order valence-electron chi connectivity index (χ0n) is 11.1. The van der Waals surface area contributed by atoms with E-state index in [4.69, 9.17) is 9.47 Å². The molecule has 3 nitrogen and oxygen atoms in total. The maximum absolute atomic E-state index is 10.7. The molecular weight excluding hydrogens is 240 g/mol. The quantitative estimate of drug-likeness (QED) is 0.786. The predicted octanol–water partition coefficient (Wildman–Crippen LogP) is 3.43. The van der Waals surface area contributed by atoms with E-state index in [0.29, 0.717) is 6.61 Å². The van der Waals surface area contributed by atoms with Gasteiger partial charge in [0.1, 0.15) is 12.4 Å². The van der Waals surface area contributed by atoms with Gasteiger partial charge in [-0.3, -0.25) is 4.79 Å². The van der Waals surface area contributed by atoms with E-state index >= 15 is 0 Å². The summed E-state index contributed by atoms with van der Waals surface area (Å²) >= 11 is 0. The molecule has 0 fully saturated rings. The third-order valence-corrected chi connectivity index (χ3v) is 2.82. The van der Waals surface area contributed by atoms with Crippen molar-refractivity contribution in [1.82, 2.24) is 0 Å². The summed E-state index contributed by atoms with van der Waals surface area (Å²) in [7, 11) is 1.65. The van der Waals surface area contributed by atoms with Gasteiger partial charge in [0.25, 0.3) is 0 Å². The molecule has 2 rings (SSSR count). The van der Waals surface area contributed by atoms with Crippen LogP contribution in [0.25, 0.3) is 11.1 Å². The lowest BCUT2D eigenvalue weighted by Gasteiger charge is -2.06. The lowest BCUT2D eigenvalue weighted by atomic mass is 10.0. The first-order chi connectivity index (χ1) is 9.19. The number of methoxy groups -OCH3 is 1. The van der Waals surface area contributed by atoms with Crippen molar-refractivity contribution in [2.45, 2.75) is 13.5 Å². The molecule has 0 saturated heterocycles. The minimum atomic E-state index is -0.265. The average molecular weight is 256 g/mol. The SMILES string of the molecule is COc1ccc(-c2ccc(COC(C)=O)cc2)cc1. The number of hydrogen-bond acceptors (Lipinski definition) is 3. The smallest absolute Gasteiger partial charge is 0.302 e. The van der Waals surface area contributed by atoms with Gasteiger partial charge in [-0.15, -0.1) is 0 Å². The molecule has 0 N–H and O–H groups in total. The van der Waals surface area contributed by atoms with Crippen LogP contribution in [0.5, 0.6) is 5.75 Å². The van der Waals surface area contributed by atoms with Gasteiger partial charge in [0.05, 0.1) is 7.11 Å². The van der Waals surface area contributed by atoms with Crippen molar-refractivity contribution in [3.63, 3.8) is 0 Å². The molecule has 0 radical (unpaired) electrons. The number of benzene rings is 2. The third kappa shape index (κ3) is 3.58. The number of carbonyl (C=O) groups is 1. The molecule has 98 valence electrons. The molecule has 3 heteroatoms. The summed E-state index contributed by atoms with van der Waals surface area (Å²) in [6, 6.07) is 15.8. The average Bonchev–Trinajstić information content (AvgIpc) is 2.46. The molecule has 0 atom stereocenters. The number of hydrogen-bond donors (Lipinski definition) is 0. The summed E-state index contributed by atoms with van der Waals surface area (Å²) in [6.45, 7) is 1.73. The Morgan fingerprint density at radius 3 is 1.95 bits per heavy atom. The highest BCUT2D eigenvalue weighted by Crippen LogP contribution is 2.22. The van der Waals surface area contributed by atoms with E-state index in [1.54, 1.807) is 7.11 Å². The normalized spacial score (nSPS) is 10.0. The van der Waals surface area contributed by atoms with Gasteiger partial charge in [-0.05, 0) is 28.8 Å². The molecule has 0 aromatic heterocycles. The molecule has 0 bridgehead atoms. The lowest BCUT2D eigenvalue weighted by molar-refractivity contribution is -0.142. The van der Waals surface area contributed by atoms with Crippen molar-refractivity contribution in [1.29, 1.82) is 0 Å². The second-order valence-electron chi connectivity index (χ2n) is 4.21. The third-order valence-electron chi connectivity index (χ3n) is 2.82. The highest BCUT2D eigenvalue weighted by Gasteiger charge is 2.00. The Balaban J connectivity index is 2.10. The van der Waals surface area contributed by atoms with Crippen molar-refractivity contribution < 1.29 is 14.3 Å². The molecular formula is C16H16O3. The van der Waals surface area contributed by atoms with Crippen LogP contribution in [0.2, 0.25) is 0 Å². The molecule has 0 aliphatic carbocycles. The van der Waals surface area contributed by atoms with Gasteiger partial charge in [0, 0.05) is 6.92 Å². The monoisotopic (exact) mass is 256 g/mol. The Kier molecular flexibility index (Phi) is 4.18. The molecule has 2 aromatic carbocycles. The maximum atomic E-state index is 10.7. The van der Waals surface area contributed by atoms with Gasteiger partial charge in [-0.25, -0.2) is 0 Å². The molecule has 0 unspecified atom stereocenters. The van der Waals surface area contributed by atoms with Crippen molar-refractivity contribution >= 4 is 5.97 Å². The molecule has 2 aromatic rings. The Labute approximate surface area is 112 Å². The fourth-order valence-corrected chi connectivity index (χ4v) is 1.76. The molecule has 0 aliphatic heterocycles.